The molecular weight excluding hydrogens is 436 g/mol. The van der Waals surface area contributed by atoms with Gasteiger partial charge in [0.05, 0.1) is 17.9 Å². The minimum Gasteiger partial charge on any atom is -0.290 e. The molecule has 0 unspecified atom stereocenters. The Hall–Kier alpha value is -3.19. The lowest BCUT2D eigenvalue weighted by atomic mass is 10.0. The van der Waals surface area contributed by atoms with E-state index in [1.807, 2.05) is 28.8 Å². The first-order chi connectivity index (χ1) is 16.1. The van der Waals surface area contributed by atoms with Crippen molar-refractivity contribution in [2.75, 3.05) is 0 Å². The van der Waals surface area contributed by atoms with Gasteiger partial charge in [-0.15, -0.1) is 5.10 Å². The van der Waals surface area contributed by atoms with Crippen molar-refractivity contribution >= 4 is 11.6 Å². The zero-order chi connectivity index (χ0) is 23.2. The highest BCUT2D eigenvalue weighted by molar-refractivity contribution is 6.30. The van der Waals surface area contributed by atoms with Crippen molar-refractivity contribution in [2.45, 2.75) is 59.0 Å². The van der Waals surface area contributed by atoms with E-state index in [-0.39, 0.29) is 5.69 Å². The molecule has 33 heavy (non-hydrogen) atoms. The van der Waals surface area contributed by atoms with E-state index in [1.165, 1.54) is 0 Å². The summed E-state index contributed by atoms with van der Waals surface area (Å²) in [6.07, 6.45) is 6.46. The summed E-state index contributed by atoms with van der Waals surface area (Å²) in [5.74, 6) is 0. The second-order valence-electron chi connectivity index (χ2n) is 8.18. The van der Waals surface area contributed by atoms with Gasteiger partial charge in [0.2, 0.25) is 0 Å². The maximum Gasteiger partial charge on any atom is 0.329 e. The van der Waals surface area contributed by atoms with Crippen LogP contribution >= 0.6 is 11.6 Å². The number of halogens is 1. The molecule has 0 aliphatic carbocycles. The number of aromatic nitrogens is 6. The average molecular weight is 465 g/mol. The Bertz CT molecular complexity index is 1240. The van der Waals surface area contributed by atoms with Gasteiger partial charge >= 0.3 is 5.69 Å². The number of hydrogen-bond acceptors (Lipinski definition) is 4. The van der Waals surface area contributed by atoms with E-state index >= 15 is 0 Å². The molecule has 2 aromatic carbocycles. The molecule has 4 rings (SSSR count). The van der Waals surface area contributed by atoms with E-state index in [0.717, 1.165) is 60.2 Å². The molecule has 0 amide bonds. The average Bonchev–Trinajstić information content (AvgIpc) is 3.45. The molecule has 4 aromatic rings. The molecule has 0 atom stereocenters. The van der Waals surface area contributed by atoms with E-state index in [4.69, 9.17) is 11.6 Å². The molecule has 172 valence electrons. The van der Waals surface area contributed by atoms with Crippen LogP contribution in [0.15, 0.2) is 59.7 Å². The van der Waals surface area contributed by atoms with Crippen LogP contribution in [0.1, 0.15) is 50.8 Å². The molecule has 0 saturated carbocycles. The second-order valence-corrected chi connectivity index (χ2v) is 8.54. The van der Waals surface area contributed by atoms with Crippen LogP contribution in [0.4, 0.5) is 0 Å². The molecule has 0 aliphatic rings. The fourth-order valence-electron chi connectivity index (χ4n) is 4.13. The Kier molecular flexibility index (Phi) is 7.40. The maximum atomic E-state index is 13.2. The minimum absolute atomic E-state index is 0.0207. The van der Waals surface area contributed by atoms with Crippen molar-refractivity contribution in [3.8, 4) is 16.8 Å². The van der Waals surface area contributed by atoms with Crippen LogP contribution in [0.2, 0.25) is 5.15 Å². The Balaban J connectivity index is 1.62. The lowest BCUT2D eigenvalue weighted by Crippen LogP contribution is -2.25. The molecule has 2 aromatic heterocycles. The van der Waals surface area contributed by atoms with Gasteiger partial charge in [-0.2, -0.15) is 4.68 Å². The third-order valence-electron chi connectivity index (χ3n) is 5.84. The predicted molar refractivity (Wildman–Crippen MR) is 131 cm³/mol. The van der Waals surface area contributed by atoms with Gasteiger partial charge in [0.25, 0.3) is 0 Å². The highest BCUT2D eigenvalue weighted by Crippen LogP contribution is 2.27. The summed E-state index contributed by atoms with van der Waals surface area (Å²) in [6, 6.07) is 16.3. The highest BCUT2D eigenvalue weighted by Gasteiger charge is 2.18. The first-order valence-electron chi connectivity index (χ1n) is 11.5. The minimum atomic E-state index is -0.0207. The molecule has 0 spiro atoms. The largest absolute Gasteiger partial charge is 0.329 e. The summed E-state index contributed by atoms with van der Waals surface area (Å²) < 4.78 is 5.23. The summed E-state index contributed by atoms with van der Waals surface area (Å²) in [7, 11) is 0. The SMILES string of the molecule is CCCCCn1c(Cl)c(CCC)n(Cc2ccc(-c3ccccc3-n3cnnn3)cc2)c1=O. The van der Waals surface area contributed by atoms with Crippen LogP contribution in [0, 0.1) is 0 Å². The number of benzene rings is 2. The van der Waals surface area contributed by atoms with Gasteiger partial charge in [-0.05, 0) is 40.5 Å². The van der Waals surface area contributed by atoms with E-state index in [1.54, 1.807) is 15.6 Å². The van der Waals surface area contributed by atoms with Crippen LogP contribution in [0.3, 0.4) is 0 Å². The van der Waals surface area contributed by atoms with Crippen LogP contribution in [-0.4, -0.2) is 29.3 Å². The number of para-hydroxylation sites is 1. The monoisotopic (exact) mass is 464 g/mol. The second kappa shape index (κ2) is 10.6. The van der Waals surface area contributed by atoms with E-state index < -0.39 is 0 Å². The molecule has 0 bridgehead atoms. The first kappa shape index (κ1) is 23.0. The van der Waals surface area contributed by atoms with Gasteiger partial charge in [-0.25, -0.2) is 4.79 Å². The Morgan fingerprint density at radius 2 is 1.73 bits per heavy atom. The normalized spacial score (nSPS) is 11.2. The molecule has 2 heterocycles. The third-order valence-corrected chi connectivity index (χ3v) is 6.26. The molecule has 0 fully saturated rings. The van der Waals surface area contributed by atoms with Gasteiger partial charge in [-0.1, -0.05) is 87.2 Å². The van der Waals surface area contributed by atoms with Gasteiger partial charge < -0.3 is 0 Å². The maximum absolute atomic E-state index is 13.2. The van der Waals surface area contributed by atoms with Crippen molar-refractivity contribution in [2.24, 2.45) is 0 Å². The first-order valence-corrected chi connectivity index (χ1v) is 11.9. The van der Waals surface area contributed by atoms with E-state index in [2.05, 4.69) is 53.6 Å². The lowest BCUT2D eigenvalue weighted by Gasteiger charge is -2.11. The van der Waals surface area contributed by atoms with Crippen molar-refractivity contribution in [1.82, 2.24) is 29.3 Å². The van der Waals surface area contributed by atoms with E-state index in [9.17, 15) is 4.79 Å². The van der Waals surface area contributed by atoms with Crippen LogP contribution in [0.25, 0.3) is 16.8 Å². The predicted octanol–water partition coefficient (Wildman–Crippen LogP) is 5.14. The molecule has 0 N–H and O–H groups in total. The molecule has 0 radical (unpaired) electrons. The Labute approximate surface area is 198 Å². The fourth-order valence-corrected chi connectivity index (χ4v) is 4.48. The number of rotatable bonds is 10. The fraction of sp³-hybridized carbons (Fsp3) is 0.360. The quantitative estimate of drug-likeness (QED) is 0.305. The number of nitrogens with zero attached hydrogens (tertiary/aromatic N) is 6. The summed E-state index contributed by atoms with van der Waals surface area (Å²) in [6.45, 7) is 5.44. The van der Waals surface area contributed by atoms with Gasteiger partial charge in [0, 0.05) is 12.1 Å². The smallest absolute Gasteiger partial charge is 0.290 e. The topological polar surface area (TPSA) is 70.5 Å². The Morgan fingerprint density at radius 3 is 2.42 bits per heavy atom. The number of unbranched alkanes of at least 4 members (excludes halogenated alkanes) is 2. The summed E-state index contributed by atoms with van der Waals surface area (Å²) in [5.41, 5.74) is 4.96. The highest BCUT2D eigenvalue weighted by atomic mass is 35.5. The van der Waals surface area contributed by atoms with Gasteiger partial charge in [0.1, 0.15) is 11.5 Å². The van der Waals surface area contributed by atoms with Gasteiger partial charge in [-0.3, -0.25) is 9.13 Å². The number of imidazole rings is 1. The summed E-state index contributed by atoms with van der Waals surface area (Å²) >= 11 is 6.65. The Morgan fingerprint density at radius 1 is 0.939 bits per heavy atom. The number of tetrazole rings is 1. The third kappa shape index (κ3) is 4.93. The molecular formula is C25H29ClN6O. The zero-order valence-electron chi connectivity index (χ0n) is 19.1. The molecule has 0 saturated heterocycles. The van der Waals surface area contributed by atoms with Crippen molar-refractivity contribution < 1.29 is 0 Å². The summed E-state index contributed by atoms with van der Waals surface area (Å²) in [4.78, 5) is 13.2. The van der Waals surface area contributed by atoms with Crippen molar-refractivity contribution in [3.63, 3.8) is 0 Å². The standard InChI is InChI=1S/C25H29ClN6O/c1-3-5-8-16-30-24(26)23(9-4-2)31(25(30)33)17-19-12-14-20(15-13-19)21-10-6-7-11-22(21)32-18-27-28-29-32/h6-7,10-15,18H,3-5,8-9,16-17H2,1-2H3. The lowest BCUT2D eigenvalue weighted by molar-refractivity contribution is 0.573. The van der Waals surface area contributed by atoms with Crippen LogP contribution < -0.4 is 5.69 Å². The molecule has 0 aliphatic heterocycles. The van der Waals surface area contributed by atoms with Crippen molar-refractivity contribution in [1.29, 1.82) is 0 Å². The zero-order valence-corrected chi connectivity index (χ0v) is 19.9. The summed E-state index contributed by atoms with van der Waals surface area (Å²) in [5, 5.41) is 12.1. The van der Waals surface area contributed by atoms with Gasteiger partial charge in [0.15, 0.2) is 0 Å². The molecule has 8 heteroatoms. The van der Waals surface area contributed by atoms with Crippen LogP contribution in [-0.2, 0) is 19.5 Å². The van der Waals surface area contributed by atoms with E-state index in [0.29, 0.717) is 18.2 Å². The number of hydrogen-bond donors (Lipinski definition) is 0. The van der Waals surface area contributed by atoms with Crippen LogP contribution in [0.5, 0.6) is 0 Å². The van der Waals surface area contributed by atoms with Crippen molar-refractivity contribution in [3.05, 3.63) is 81.8 Å². The molecule has 7 nitrogen and oxygen atoms in total.